The summed E-state index contributed by atoms with van der Waals surface area (Å²) in [6.07, 6.45) is -4.59. The predicted octanol–water partition coefficient (Wildman–Crippen LogP) is 2.66. The SMILES string of the molecule is COc1cccc(C2=Nn3c(nnc3C(F)(F)F)SC2)c1. The van der Waals surface area contributed by atoms with Gasteiger partial charge in [0.2, 0.25) is 5.16 Å². The average molecular weight is 314 g/mol. The second-order valence-corrected chi connectivity index (χ2v) is 5.13. The van der Waals surface area contributed by atoms with E-state index in [1.54, 1.807) is 24.3 Å². The number of hydrogen-bond acceptors (Lipinski definition) is 5. The fourth-order valence-electron chi connectivity index (χ4n) is 1.85. The summed E-state index contributed by atoms with van der Waals surface area (Å²) in [6.45, 7) is 0. The second-order valence-electron chi connectivity index (χ2n) is 4.18. The van der Waals surface area contributed by atoms with Crippen LogP contribution in [0.1, 0.15) is 11.4 Å². The lowest BCUT2D eigenvalue weighted by Gasteiger charge is -2.15. The van der Waals surface area contributed by atoms with Gasteiger partial charge in [-0.05, 0) is 12.1 Å². The lowest BCUT2D eigenvalue weighted by molar-refractivity contribution is -0.147. The molecule has 0 atom stereocenters. The lowest BCUT2D eigenvalue weighted by Crippen LogP contribution is -2.18. The number of rotatable bonds is 2. The van der Waals surface area contributed by atoms with Crippen molar-refractivity contribution in [3.05, 3.63) is 35.7 Å². The van der Waals surface area contributed by atoms with Crippen molar-refractivity contribution in [1.29, 1.82) is 0 Å². The fraction of sp³-hybridized carbons (Fsp3) is 0.250. The summed E-state index contributed by atoms with van der Waals surface area (Å²) in [6, 6.07) is 7.01. The minimum Gasteiger partial charge on any atom is -0.497 e. The molecule has 3 rings (SSSR count). The van der Waals surface area contributed by atoms with Gasteiger partial charge < -0.3 is 4.74 Å². The summed E-state index contributed by atoms with van der Waals surface area (Å²) in [4.78, 5) is 0. The van der Waals surface area contributed by atoms with E-state index in [0.717, 1.165) is 16.4 Å². The number of methoxy groups -OCH3 is 1. The Morgan fingerprint density at radius 1 is 1.29 bits per heavy atom. The van der Waals surface area contributed by atoms with E-state index < -0.39 is 12.0 Å². The van der Waals surface area contributed by atoms with Crippen LogP contribution in [-0.2, 0) is 6.18 Å². The summed E-state index contributed by atoms with van der Waals surface area (Å²) >= 11 is 1.16. The van der Waals surface area contributed by atoms with Crippen LogP contribution in [0.4, 0.5) is 13.2 Å². The van der Waals surface area contributed by atoms with Gasteiger partial charge in [0.15, 0.2) is 0 Å². The quantitative estimate of drug-likeness (QED) is 0.855. The van der Waals surface area contributed by atoms with Gasteiger partial charge in [-0.2, -0.15) is 22.9 Å². The van der Waals surface area contributed by atoms with E-state index in [9.17, 15) is 13.2 Å². The molecule has 0 saturated carbocycles. The zero-order chi connectivity index (χ0) is 15.0. The first kappa shape index (κ1) is 13.9. The van der Waals surface area contributed by atoms with Crippen LogP contribution in [0, 0.1) is 0 Å². The van der Waals surface area contributed by atoms with Crippen molar-refractivity contribution in [2.24, 2.45) is 5.10 Å². The Labute approximate surface area is 121 Å². The number of fused-ring (bicyclic) bond motifs is 1. The van der Waals surface area contributed by atoms with Crippen molar-refractivity contribution in [3.8, 4) is 5.75 Å². The lowest BCUT2D eigenvalue weighted by atomic mass is 10.1. The van der Waals surface area contributed by atoms with Crippen molar-refractivity contribution >= 4 is 17.5 Å². The van der Waals surface area contributed by atoms with E-state index in [-0.39, 0.29) is 5.16 Å². The summed E-state index contributed by atoms with van der Waals surface area (Å²) in [7, 11) is 1.52. The van der Waals surface area contributed by atoms with E-state index >= 15 is 0 Å². The summed E-state index contributed by atoms with van der Waals surface area (Å²) < 4.78 is 44.4. The number of nitrogens with zero attached hydrogens (tertiary/aromatic N) is 4. The molecule has 0 unspecified atom stereocenters. The van der Waals surface area contributed by atoms with E-state index in [2.05, 4.69) is 15.3 Å². The molecule has 1 aromatic heterocycles. The first-order valence-electron chi connectivity index (χ1n) is 5.87. The Morgan fingerprint density at radius 2 is 2.10 bits per heavy atom. The maximum absolute atomic E-state index is 12.8. The Kier molecular flexibility index (Phi) is 3.36. The molecule has 1 aromatic carbocycles. The monoisotopic (exact) mass is 314 g/mol. The third-order valence-corrected chi connectivity index (χ3v) is 3.76. The number of alkyl halides is 3. The Hall–Kier alpha value is -2.03. The highest BCUT2D eigenvalue weighted by atomic mass is 32.2. The minimum absolute atomic E-state index is 0.133. The van der Waals surface area contributed by atoms with Crippen molar-refractivity contribution in [3.63, 3.8) is 0 Å². The third kappa shape index (κ3) is 2.60. The number of thioether (sulfide) groups is 1. The molecule has 9 heteroatoms. The highest BCUT2D eigenvalue weighted by molar-refractivity contribution is 7.99. The molecule has 110 valence electrons. The molecule has 1 aliphatic heterocycles. The maximum atomic E-state index is 12.8. The highest BCUT2D eigenvalue weighted by Crippen LogP contribution is 2.32. The summed E-state index contributed by atoms with van der Waals surface area (Å²) in [5.41, 5.74) is 1.21. The zero-order valence-electron chi connectivity index (χ0n) is 10.8. The zero-order valence-corrected chi connectivity index (χ0v) is 11.6. The normalized spacial score (nSPS) is 14.6. The molecular formula is C12H9F3N4OS. The van der Waals surface area contributed by atoms with Crippen LogP contribution in [0.15, 0.2) is 34.5 Å². The first-order valence-corrected chi connectivity index (χ1v) is 6.85. The smallest absolute Gasteiger partial charge is 0.453 e. The van der Waals surface area contributed by atoms with Crippen LogP contribution >= 0.6 is 11.8 Å². The van der Waals surface area contributed by atoms with Crippen LogP contribution in [0.2, 0.25) is 0 Å². The van der Waals surface area contributed by atoms with E-state index in [4.69, 9.17) is 4.74 Å². The molecule has 0 bridgehead atoms. The molecule has 0 fully saturated rings. The molecule has 21 heavy (non-hydrogen) atoms. The second kappa shape index (κ2) is 5.06. The van der Waals surface area contributed by atoms with Gasteiger partial charge in [0.1, 0.15) is 5.75 Å². The van der Waals surface area contributed by atoms with Crippen molar-refractivity contribution in [2.45, 2.75) is 11.3 Å². The molecule has 0 radical (unpaired) electrons. The van der Waals surface area contributed by atoms with Crippen molar-refractivity contribution < 1.29 is 17.9 Å². The van der Waals surface area contributed by atoms with Gasteiger partial charge in [0, 0.05) is 11.3 Å². The summed E-state index contributed by atoms with van der Waals surface area (Å²) in [5.74, 6) is -0.0840. The van der Waals surface area contributed by atoms with Crippen LogP contribution in [0.5, 0.6) is 5.75 Å². The van der Waals surface area contributed by atoms with E-state index in [1.165, 1.54) is 7.11 Å². The Bertz CT molecular complexity index is 711. The molecule has 2 aromatic rings. The van der Waals surface area contributed by atoms with Crippen LogP contribution in [0.25, 0.3) is 0 Å². The number of halogens is 3. The van der Waals surface area contributed by atoms with Gasteiger partial charge in [-0.1, -0.05) is 23.9 Å². The molecule has 0 N–H and O–H groups in total. The predicted molar refractivity (Wildman–Crippen MR) is 70.7 cm³/mol. The summed E-state index contributed by atoms with van der Waals surface area (Å²) in [5, 5.41) is 10.8. The molecule has 0 aliphatic carbocycles. The van der Waals surface area contributed by atoms with E-state index in [0.29, 0.717) is 22.8 Å². The molecule has 0 amide bonds. The number of benzene rings is 1. The van der Waals surface area contributed by atoms with Gasteiger partial charge in [0.25, 0.3) is 5.82 Å². The van der Waals surface area contributed by atoms with Gasteiger partial charge in [-0.25, -0.2) is 0 Å². The van der Waals surface area contributed by atoms with Crippen molar-refractivity contribution in [1.82, 2.24) is 14.9 Å². The molecule has 2 heterocycles. The molecule has 1 aliphatic rings. The van der Waals surface area contributed by atoms with E-state index in [1.807, 2.05) is 0 Å². The Morgan fingerprint density at radius 3 is 2.81 bits per heavy atom. The highest BCUT2D eigenvalue weighted by Gasteiger charge is 2.39. The van der Waals surface area contributed by atoms with Crippen LogP contribution in [0.3, 0.4) is 0 Å². The molecular weight excluding hydrogens is 305 g/mol. The van der Waals surface area contributed by atoms with Gasteiger partial charge in [0.05, 0.1) is 12.8 Å². The van der Waals surface area contributed by atoms with Crippen molar-refractivity contribution in [2.75, 3.05) is 12.9 Å². The molecule has 5 nitrogen and oxygen atoms in total. The molecule has 0 saturated heterocycles. The minimum atomic E-state index is -4.59. The number of aromatic nitrogens is 3. The Balaban J connectivity index is 2.05. The molecule has 0 spiro atoms. The average Bonchev–Trinajstić information content (AvgIpc) is 2.90. The van der Waals surface area contributed by atoms with Gasteiger partial charge in [-0.3, -0.25) is 0 Å². The number of ether oxygens (including phenoxy) is 1. The van der Waals surface area contributed by atoms with Gasteiger partial charge >= 0.3 is 6.18 Å². The fourth-order valence-corrected chi connectivity index (χ4v) is 2.69. The third-order valence-electron chi connectivity index (χ3n) is 2.83. The first-order chi connectivity index (χ1) is 9.99. The van der Waals surface area contributed by atoms with Gasteiger partial charge in [-0.15, -0.1) is 10.2 Å². The largest absolute Gasteiger partial charge is 0.497 e. The topological polar surface area (TPSA) is 52.3 Å². The standard InChI is InChI=1S/C12H9F3N4OS/c1-20-8-4-2-3-7(5-8)9-6-21-11-17-16-10(12(13,14)15)19(11)18-9/h2-5H,6H2,1H3. The maximum Gasteiger partial charge on any atom is 0.453 e. The van der Waals surface area contributed by atoms with Crippen LogP contribution < -0.4 is 4.74 Å². The van der Waals surface area contributed by atoms with Crippen LogP contribution in [-0.4, -0.2) is 33.4 Å². The number of hydrogen-bond donors (Lipinski definition) is 0.